The number of hydrogen-bond donors (Lipinski definition) is 3. The number of hydrogen-bond acceptors (Lipinski definition) is 6. The van der Waals surface area contributed by atoms with E-state index in [9.17, 15) is 19.2 Å². The van der Waals surface area contributed by atoms with E-state index in [0.717, 1.165) is 38.5 Å². The summed E-state index contributed by atoms with van der Waals surface area (Å²) < 4.78 is 10.4. The van der Waals surface area contributed by atoms with Gasteiger partial charge in [-0.1, -0.05) is 25.7 Å². The molecule has 0 rings (SSSR count). The molecule has 0 bridgehead atoms. The molecule has 0 aliphatic rings. The number of amides is 3. The zero-order valence-corrected chi connectivity index (χ0v) is 23.2. The third-order valence-electron chi connectivity index (χ3n) is 4.93. The molecule has 0 radical (unpaired) electrons. The van der Waals surface area contributed by atoms with E-state index in [4.69, 9.17) is 14.6 Å². The third-order valence-corrected chi connectivity index (χ3v) is 4.93. The number of carbonyl (C=O) groups excluding carboxylic acids is 3. The Morgan fingerprint density at radius 2 is 1.08 bits per heavy atom. The molecule has 10 heteroatoms. The van der Waals surface area contributed by atoms with Crippen LogP contribution in [0.1, 0.15) is 106 Å². The monoisotopic (exact) mass is 515 g/mol. The average Bonchev–Trinajstić information content (AvgIpc) is 2.70. The van der Waals surface area contributed by atoms with Crippen LogP contribution in [0.2, 0.25) is 0 Å². The normalized spacial score (nSPS) is 11.5. The minimum absolute atomic E-state index is 0.0252. The van der Waals surface area contributed by atoms with Crippen molar-refractivity contribution < 1.29 is 33.8 Å². The lowest BCUT2D eigenvalue weighted by molar-refractivity contribution is -0.137. The fourth-order valence-electron chi connectivity index (χ4n) is 3.32. The smallest absolute Gasteiger partial charge is 0.407 e. The summed E-state index contributed by atoms with van der Waals surface area (Å²) >= 11 is 0. The molecule has 0 atom stereocenters. The van der Waals surface area contributed by atoms with E-state index in [0.29, 0.717) is 39.0 Å². The summed E-state index contributed by atoms with van der Waals surface area (Å²) in [7, 11) is 0. The van der Waals surface area contributed by atoms with Gasteiger partial charge in [0.1, 0.15) is 11.2 Å². The van der Waals surface area contributed by atoms with Gasteiger partial charge in [-0.3, -0.25) is 9.59 Å². The number of alkyl carbamates (subject to hydrolysis) is 2. The molecule has 10 nitrogen and oxygen atoms in total. The van der Waals surface area contributed by atoms with Crippen LogP contribution < -0.4 is 10.6 Å². The number of unbranched alkanes of at least 4 members (excludes halogenated alkanes) is 5. The second kappa shape index (κ2) is 17.8. The van der Waals surface area contributed by atoms with E-state index in [-0.39, 0.29) is 18.7 Å². The van der Waals surface area contributed by atoms with E-state index >= 15 is 0 Å². The molecular weight excluding hydrogens is 466 g/mol. The molecular formula is C26H49N3O7. The van der Waals surface area contributed by atoms with Crippen LogP contribution in [0.3, 0.4) is 0 Å². The molecule has 0 spiro atoms. The van der Waals surface area contributed by atoms with Gasteiger partial charge in [0, 0.05) is 39.0 Å². The minimum Gasteiger partial charge on any atom is -0.481 e. The van der Waals surface area contributed by atoms with Gasteiger partial charge in [0.2, 0.25) is 5.91 Å². The van der Waals surface area contributed by atoms with Gasteiger partial charge in [-0.25, -0.2) is 9.59 Å². The summed E-state index contributed by atoms with van der Waals surface area (Å²) in [5.74, 6) is -0.959. The summed E-state index contributed by atoms with van der Waals surface area (Å²) in [6, 6.07) is 0. The molecule has 0 aromatic rings. The predicted molar refractivity (Wildman–Crippen MR) is 139 cm³/mol. The SMILES string of the molecule is CC(C)(C)OC(=O)NCCCCCCCCN(CCCNC(=O)OC(C)(C)C)C(=O)CCCC(=O)O. The molecule has 0 saturated carbocycles. The number of nitrogens with zero attached hydrogens (tertiary/aromatic N) is 1. The van der Waals surface area contributed by atoms with E-state index in [1.165, 1.54) is 0 Å². The Bertz CT molecular complexity index is 669. The topological polar surface area (TPSA) is 134 Å². The van der Waals surface area contributed by atoms with Crippen LogP contribution in [0, 0.1) is 0 Å². The minimum atomic E-state index is -0.905. The van der Waals surface area contributed by atoms with Gasteiger partial charge in [-0.15, -0.1) is 0 Å². The first kappa shape index (κ1) is 33.5. The van der Waals surface area contributed by atoms with Crippen molar-refractivity contribution in [2.45, 2.75) is 117 Å². The Hall–Kier alpha value is -2.52. The van der Waals surface area contributed by atoms with Crippen molar-refractivity contribution in [3.63, 3.8) is 0 Å². The Labute approximate surface area is 216 Å². The van der Waals surface area contributed by atoms with Gasteiger partial charge in [0.05, 0.1) is 0 Å². The lowest BCUT2D eigenvalue weighted by atomic mass is 10.1. The van der Waals surface area contributed by atoms with E-state index < -0.39 is 29.4 Å². The third kappa shape index (κ3) is 22.0. The molecule has 0 aromatic heterocycles. The number of carbonyl (C=O) groups is 4. The molecule has 3 amide bonds. The number of rotatable bonds is 17. The predicted octanol–water partition coefficient (Wildman–Crippen LogP) is 4.85. The van der Waals surface area contributed by atoms with Crippen molar-refractivity contribution in [1.82, 2.24) is 15.5 Å². The van der Waals surface area contributed by atoms with Crippen molar-refractivity contribution in [3.05, 3.63) is 0 Å². The van der Waals surface area contributed by atoms with E-state index in [2.05, 4.69) is 10.6 Å². The second-order valence-electron chi connectivity index (χ2n) is 11.0. The maximum atomic E-state index is 12.6. The van der Waals surface area contributed by atoms with Crippen molar-refractivity contribution in [3.8, 4) is 0 Å². The molecule has 0 heterocycles. The number of aliphatic carboxylic acids is 1. The van der Waals surface area contributed by atoms with Crippen LogP contribution in [-0.2, 0) is 19.1 Å². The number of nitrogens with one attached hydrogen (secondary N) is 2. The van der Waals surface area contributed by atoms with Crippen molar-refractivity contribution in [2.24, 2.45) is 0 Å². The Morgan fingerprint density at radius 3 is 1.58 bits per heavy atom. The highest BCUT2D eigenvalue weighted by atomic mass is 16.6. The summed E-state index contributed by atoms with van der Waals surface area (Å²) in [5, 5.41) is 14.3. The maximum absolute atomic E-state index is 12.6. The summed E-state index contributed by atoms with van der Waals surface area (Å²) in [6.45, 7) is 13.0. The van der Waals surface area contributed by atoms with Crippen LogP contribution in [0.25, 0.3) is 0 Å². The molecule has 0 saturated heterocycles. The molecule has 3 N–H and O–H groups in total. The van der Waals surface area contributed by atoms with Crippen LogP contribution in [0.5, 0.6) is 0 Å². The number of carboxylic acid groups (broad SMARTS) is 1. The van der Waals surface area contributed by atoms with Gasteiger partial charge in [-0.2, -0.15) is 0 Å². The Balaban J connectivity index is 4.21. The molecule has 0 aliphatic heterocycles. The highest BCUT2D eigenvalue weighted by Gasteiger charge is 2.17. The lowest BCUT2D eigenvalue weighted by Crippen LogP contribution is -2.36. The first-order valence-electron chi connectivity index (χ1n) is 13.1. The molecule has 0 unspecified atom stereocenters. The molecule has 0 fully saturated rings. The van der Waals surface area contributed by atoms with E-state index in [1.54, 1.807) is 25.7 Å². The van der Waals surface area contributed by atoms with Gasteiger partial charge >= 0.3 is 18.2 Å². The van der Waals surface area contributed by atoms with Gasteiger partial charge in [0.15, 0.2) is 0 Å². The largest absolute Gasteiger partial charge is 0.481 e. The first-order chi connectivity index (χ1) is 16.7. The highest BCUT2D eigenvalue weighted by Crippen LogP contribution is 2.10. The van der Waals surface area contributed by atoms with Crippen LogP contribution in [0.4, 0.5) is 9.59 Å². The van der Waals surface area contributed by atoms with Gasteiger partial charge in [0.25, 0.3) is 0 Å². The standard InChI is InChI=1S/C26H49N3O7/c1-25(2,3)35-23(33)27-17-11-9-7-8-10-12-19-29(21(30)15-13-16-22(31)32)20-14-18-28-24(34)36-26(4,5)6/h7-20H2,1-6H3,(H,27,33)(H,28,34)(H,31,32). The number of carboxylic acids is 1. The molecule has 210 valence electrons. The highest BCUT2D eigenvalue weighted by molar-refractivity contribution is 5.77. The summed E-state index contributed by atoms with van der Waals surface area (Å²) in [4.78, 5) is 48.5. The zero-order chi connectivity index (χ0) is 27.6. The summed E-state index contributed by atoms with van der Waals surface area (Å²) in [5.41, 5.74) is -1.06. The van der Waals surface area contributed by atoms with Gasteiger partial charge < -0.3 is 30.1 Å². The Morgan fingerprint density at radius 1 is 0.639 bits per heavy atom. The van der Waals surface area contributed by atoms with Gasteiger partial charge in [-0.05, 0) is 67.2 Å². The van der Waals surface area contributed by atoms with Crippen LogP contribution in [-0.4, -0.2) is 71.5 Å². The van der Waals surface area contributed by atoms with Crippen molar-refractivity contribution >= 4 is 24.1 Å². The molecule has 36 heavy (non-hydrogen) atoms. The second-order valence-corrected chi connectivity index (χ2v) is 11.0. The molecule has 0 aliphatic carbocycles. The zero-order valence-electron chi connectivity index (χ0n) is 23.2. The number of ether oxygens (including phenoxy) is 2. The van der Waals surface area contributed by atoms with Crippen LogP contribution in [0.15, 0.2) is 0 Å². The molecule has 0 aromatic carbocycles. The van der Waals surface area contributed by atoms with E-state index in [1.807, 2.05) is 20.8 Å². The van der Waals surface area contributed by atoms with Crippen molar-refractivity contribution in [1.29, 1.82) is 0 Å². The quantitative estimate of drug-likeness (QED) is 0.236. The first-order valence-corrected chi connectivity index (χ1v) is 13.1. The maximum Gasteiger partial charge on any atom is 0.407 e. The Kier molecular flexibility index (Phi) is 16.6. The van der Waals surface area contributed by atoms with Crippen LogP contribution >= 0.6 is 0 Å². The lowest BCUT2D eigenvalue weighted by Gasteiger charge is -2.23. The fraction of sp³-hybridized carbons (Fsp3) is 0.846. The fourth-order valence-corrected chi connectivity index (χ4v) is 3.32. The average molecular weight is 516 g/mol. The summed E-state index contributed by atoms with van der Waals surface area (Å²) in [6.07, 6.45) is 6.03. The van der Waals surface area contributed by atoms with Crippen molar-refractivity contribution in [2.75, 3.05) is 26.2 Å².